The third kappa shape index (κ3) is 3.23. The van der Waals surface area contributed by atoms with Gasteiger partial charge in [-0.1, -0.05) is 13.8 Å². The summed E-state index contributed by atoms with van der Waals surface area (Å²) >= 11 is 0. The van der Waals surface area contributed by atoms with Crippen molar-refractivity contribution in [1.29, 1.82) is 0 Å². The van der Waals surface area contributed by atoms with Crippen molar-refractivity contribution in [2.45, 2.75) is 51.6 Å². The number of nitrogens with two attached hydrogens (primary N) is 1. The number of rotatable bonds is 4. The Kier molecular flexibility index (Phi) is 4.62. The van der Waals surface area contributed by atoms with Crippen LogP contribution in [0, 0.1) is 5.92 Å². The van der Waals surface area contributed by atoms with E-state index in [4.69, 9.17) is 5.73 Å². The number of nitrogens with zero attached hydrogens (tertiary/aromatic N) is 2. The molecule has 2 atom stereocenters. The molecular weight excluding hydrogens is 226 g/mol. The molecule has 2 aliphatic heterocycles. The van der Waals surface area contributed by atoms with Crippen LogP contribution in [0.5, 0.6) is 0 Å². The summed E-state index contributed by atoms with van der Waals surface area (Å²) in [6.45, 7) is 8.44. The number of likely N-dealkylation sites (tertiary alicyclic amines) is 2. The maximum Gasteiger partial charge on any atom is 0.239 e. The summed E-state index contributed by atoms with van der Waals surface area (Å²) < 4.78 is 0. The topological polar surface area (TPSA) is 49.6 Å². The monoisotopic (exact) mass is 253 g/mol. The maximum absolute atomic E-state index is 12.2. The van der Waals surface area contributed by atoms with Crippen LogP contribution in [0.15, 0.2) is 0 Å². The van der Waals surface area contributed by atoms with Gasteiger partial charge in [0.1, 0.15) is 0 Å². The highest BCUT2D eigenvalue weighted by molar-refractivity contribution is 5.81. The molecule has 0 aromatic rings. The molecule has 0 aliphatic carbocycles. The summed E-state index contributed by atoms with van der Waals surface area (Å²) in [4.78, 5) is 16.7. The summed E-state index contributed by atoms with van der Waals surface area (Å²) in [7, 11) is 0. The lowest BCUT2D eigenvalue weighted by Gasteiger charge is -2.25. The highest BCUT2D eigenvalue weighted by atomic mass is 16.2. The van der Waals surface area contributed by atoms with E-state index in [0.29, 0.717) is 12.0 Å². The van der Waals surface area contributed by atoms with Crippen molar-refractivity contribution in [2.75, 3.05) is 26.2 Å². The summed E-state index contributed by atoms with van der Waals surface area (Å²) in [5.41, 5.74) is 5.99. The first-order valence-corrected chi connectivity index (χ1v) is 7.36. The van der Waals surface area contributed by atoms with Gasteiger partial charge in [-0.25, -0.2) is 0 Å². The molecule has 2 N–H and O–H groups in total. The molecule has 0 radical (unpaired) electrons. The minimum atomic E-state index is -0.303. The molecule has 0 saturated carbocycles. The predicted octanol–water partition coefficient (Wildman–Crippen LogP) is 1.06. The van der Waals surface area contributed by atoms with Crippen LogP contribution in [0.4, 0.5) is 0 Å². The molecule has 0 aromatic carbocycles. The Balaban J connectivity index is 1.82. The van der Waals surface area contributed by atoms with Crippen LogP contribution in [0.3, 0.4) is 0 Å². The summed E-state index contributed by atoms with van der Waals surface area (Å²) in [6.07, 6.45) is 4.55. The second-order valence-corrected chi connectivity index (χ2v) is 6.21. The molecule has 0 spiro atoms. The van der Waals surface area contributed by atoms with Crippen molar-refractivity contribution in [3.8, 4) is 0 Å². The van der Waals surface area contributed by atoms with E-state index in [0.717, 1.165) is 25.9 Å². The van der Waals surface area contributed by atoms with Gasteiger partial charge in [-0.15, -0.1) is 0 Å². The van der Waals surface area contributed by atoms with Gasteiger partial charge in [-0.05, 0) is 44.7 Å². The van der Waals surface area contributed by atoms with Crippen molar-refractivity contribution >= 4 is 5.91 Å². The highest BCUT2D eigenvalue weighted by Gasteiger charge is 2.33. The van der Waals surface area contributed by atoms with Crippen molar-refractivity contribution in [3.05, 3.63) is 0 Å². The van der Waals surface area contributed by atoms with Crippen molar-refractivity contribution in [1.82, 2.24) is 9.80 Å². The third-order valence-corrected chi connectivity index (χ3v) is 4.17. The molecule has 18 heavy (non-hydrogen) atoms. The molecule has 104 valence electrons. The van der Waals surface area contributed by atoms with E-state index in [1.165, 1.54) is 25.9 Å². The van der Waals surface area contributed by atoms with Crippen LogP contribution in [-0.4, -0.2) is 54.0 Å². The molecule has 2 heterocycles. The molecular formula is C14H27N3O. The van der Waals surface area contributed by atoms with Gasteiger partial charge in [0.05, 0.1) is 6.04 Å². The Hall–Kier alpha value is -0.610. The number of hydrogen-bond acceptors (Lipinski definition) is 3. The molecule has 2 aliphatic rings. The zero-order valence-corrected chi connectivity index (χ0v) is 11.8. The third-order valence-electron chi connectivity index (χ3n) is 4.17. The van der Waals surface area contributed by atoms with Crippen LogP contribution >= 0.6 is 0 Å². The van der Waals surface area contributed by atoms with Crippen LogP contribution in [0.2, 0.25) is 0 Å². The molecule has 2 rings (SSSR count). The molecule has 0 aromatic heterocycles. The molecule has 0 bridgehead atoms. The predicted molar refractivity (Wildman–Crippen MR) is 73.2 cm³/mol. The van der Waals surface area contributed by atoms with Gasteiger partial charge in [0.15, 0.2) is 0 Å². The van der Waals surface area contributed by atoms with E-state index in [1.54, 1.807) is 0 Å². The first-order valence-electron chi connectivity index (χ1n) is 7.36. The van der Waals surface area contributed by atoms with Gasteiger partial charge >= 0.3 is 0 Å². The number of amides is 1. The largest absolute Gasteiger partial charge is 0.340 e. The Bertz CT molecular complexity index is 287. The van der Waals surface area contributed by atoms with Crippen LogP contribution in [-0.2, 0) is 4.79 Å². The van der Waals surface area contributed by atoms with E-state index in [2.05, 4.69) is 18.7 Å². The van der Waals surface area contributed by atoms with Crippen molar-refractivity contribution < 1.29 is 4.79 Å². The van der Waals surface area contributed by atoms with Crippen LogP contribution < -0.4 is 5.73 Å². The zero-order chi connectivity index (χ0) is 13.1. The van der Waals surface area contributed by atoms with Crippen molar-refractivity contribution in [2.24, 2.45) is 11.7 Å². The Labute approximate surface area is 110 Å². The minimum Gasteiger partial charge on any atom is -0.340 e. The fourth-order valence-electron chi connectivity index (χ4n) is 3.19. The molecule has 1 amide bonds. The standard InChI is InChI=1S/C14H27N3O/c1-11(2)9-13(15)14(18)17-8-5-12(10-17)16-6-3-4-7-16/h11-13H,3-10,15H2,1-2H3. The highest BCUT2D eigenvalue weighted by Crippen LogP contribution is 2.21. The summed E-state index contributed by atoms with van der Waals surface area (Å²) in [6, 6.07) is 0.282. The van der Waals surface area contributed by atoms with Gasteiger partial charge in [0.2, 0.25) is 5.91 Å². The number of hydrogen-bond donors (Lipinski definition) is 1. The molecule has 2 unspecified atom stereocenters. The second-order valence-electron chi connectivity index (χ2n) is 6.21. The first kappa shape index (κ1) is 13.8. The Morgan fingerprint density at radius 1 is 1.28 bits per heavy atom. The molecule has 4 heteroatoms. The smallest absolute Gasteiger partial charge is 0.239 e. The van der Waals surface area contributed by atoms with E-state index in [1.807, 2.05) is 4.90 Å². The number of carbonyl (C=O) groups is 1. The fourth-order valence-corrected chi connectivity index (χ4v) is 3.19. The maximum atomic E-state index is 12.2. The minimum absolute atomic E-state index is 0.158. The average Bonchev–Trinajstić information content (AvgIpc) is 2.97. The number of carbonyl (C=O) groups excluding carboxylic acids is 1. The van der Waals surface area contributed by atoms with Gasteiger partial charge in [0, 0.05) is 19.1 Å². The lowest BCUT2D eigenvalue weighted by Crippen LogP contribution is -2.45. The van der Waals surface area contributed by atoms with Crippen molar-refractivity contribution in [3.63, 3.8) is 0 Å². The van der Waals surface area contributed by atoms with Gasteiger partial charge < -0.3 is 10.6 Å². The second kappa shape index (κ2) is 6.02. The lowest BCUT2D eigenvalue weighted by molar-refractivity contribution is -0.132. The quantitative estimate of drug-likeness (QED) is 0.815. The van der Waals surface area contributed by atoms with Gasteiger partial charge in [0.25, 0.3) is 0 Å². The van der Waals surface area contributed by atoms with E-state index >= 15 is 0 Å². The molecule has 2 fully saturated rings. The van der Waals surface area contributed by atoms with Gasteiger partial charge in [-0.2, -0.15) is 0 Å². The SMILES string of the molecule is CC(C)CC(N)C(=O)N1CCC(N2CCCC2)C1. The molecule has 2 saturated heterocycles. The van der Waals surface area contributed by atoms with Crippen LogP contribution in [0.25, 0.3) is 0 Å². The average molecular weight is 253 g/mol. The van der Waals surface area contributed by atoms with E-state index < -0.39 is 0 Å². The first-order chi connectivity index (χ1) is 8.58. The summed E-state index contributed by atoms with van der Waals surface area (Å²) in [5.74, 6) is 0.645. The fraction of sp³-hybridized carbons (Fsp3) is 0.929. The van der Waals surface area contributed by atoms with Crippen LogP contribution in [0.1, 0.15) is 39.5 Å². The molecule has 4 nitrogen and oxygen atoms in total. The lowest BCUT2D eigenvalue weighted by atomic mass is 10.0. The normalized spacial score (nSPS) is 27.1. The zero-order valence-electron chi connectivity index (χ0n) is 11.8. The summed E-state index contributed by atoms with van der Waals surface area (Å²) in [5, 5.41) is 0. The Morgan fingerprint density at radius 3 is 2.56 bits per heavy atom. The van der Waals surface area contributed by atoms with Gasteiger partial charge in [-0.3, -0.25) is 9.69 Å². The van der Waals surface area contributed by atoms with E-state index in [9.17, 15) is 4.79 Å². The van der Waals surface area contributed by atoms with E-state index in [-0.39, 0.29) is 11.9 Å². The Morgan fingerprint density at radius 2 is 1.94 bits per heavy atom.